The van der Waals surface area contributed by atoms with Crippen LogP contribution in [-0.2, 0) is 4.74 Å². The lowest BCUT2D eigenvalue weighted by Crippen LogP contribution is -2.35. The van der Waals surface area contributed by atoms with Crippen molar-refractivity contribution in [2.75, 3.05) is 6.61 Å². The molecule has 1 aliphatic heterocycles. The summed E-state index contributed by atoms with van der Waals surface area (Å²) in [5, 5.41) is 28.2. The van der Waals surface area contributed by atoms with Crippen molar-refractivity contribution in [3.63, 3.8) is 0 Å². The fraction of sp³-hybridized carbons (Fsp3) is 0.556. The largest absolute Gasteiger partial charge is 0.394 e. The lowest BCUT2D eigenvalue weighted by Gasteiger charge is -2.16. The van der Waals surface area contributed by atoms with Gasteiger partial charge in [0.1, 0.15) is 23.0 Å². The Morgan fingerprint density at radius 3 is 2.71 bits per heavy atom. The number of rotatable bonds is 2. The van der Waals surface area contributed by atoms with Crippen LogP contribution in [0.25, 0.3) is 0 Å². The maximum atomic E-state index is 11.6. The summed E-state index contributed by atoms with van der Waals surface area (Å²) in [6, 6.07) is 1.46. The molecule has 1 aliphatic rings. The Balaban J connectivity index is 2.35. The predicted octanol–water partition coefficient (Wildman–Crippen LogP) is -1.48. The van der Waals surface area contributed by atoms with Crippen LogP contribution in [-0.4, -0.2) is 49.8 Å². The summed E-state index contributed by atoms with van der Waals surface area (Å²) >= 11 is 4.77. The van der Waals surface area contributed by atoms with Crippen LogP contribution in [0.3, 0.4) is 0 Å². The maximum absolute atomic E-state index is 11.6. The van der Waals surface area contributed by atoms with Crippen molar-refractivity contribution in [3.05, 3.63) is 27.4 Å². The normalized spacial score (nSPS) is 32.9. The summed E-state index contributed by atoms with van der Waals surface area (Å²) in [6.07, 6.45) is -3.11. The number of aliphatic hydroxyl groups excluding tert-OH is 3. The van der Waals surface area contributed by atoms with Gasteiger partial charge in [0.15, 0.2) is 6.23 Å². The molecule has 0 aromatic carbocycles. The highest BCUT2D eigenvalue weighted by molar-refractivity contribution is 7.71. The van der Waals surface area contributed by atoms with Gasteiger partial charge in [-0.05, 0) is 6.07 Å². The Morgan fingerprint density at radius 1 is 1.47 bits per heavy atom. The number of ether oxygens (including phenoxy) is 1. The molecule has 4 N–H and O–H groups in total. The Labute approximate surface area is 101 Å². The van der Waals surface area contributed by atoms with Gasteiger partial charge < -0.3 is 20.1 Å². The van der Waals surface area contributed by atoms with Gasteiger partial charge >= 0.3 is 5.69 Å². The summed E-state index contributed by atoms with van der Waals surface area (Å²) in [4.78, 5) is 14.0. The van der Waals surface area contributed by atoms with Crippen molar-refractivity contribution in [2.45, 2.75) is 24.5 Å². The van der Waals surface area contributed by atoms with Gasteiger partial charge in [0, 0.05) is 6.20 Å². The van der Waals surface area contributed by atoms with Crippen LogP contribution in [0.1, 0.15) is 6.23 Å². The minimum atomic E-state index is -1.28. The molecule has 1 aromatic heterocycles. The first kappa shape index (κ1) is 12.4. The van der Waals surface area contributed by atoms with E-state index in [4.69, 9.17) is 22.1 Å². The molecule has 0 spiro atoms. The van der Waals surface area contributed by atoms with Crippen molar-refractivity contribution >= 4 is 12.2 Å². The van der Waals surface area contributed by atoms with Gasteiger partial charge in [-0.2, -0.15) is 0 Å². The standard InChI is InChI=1S/C9H12N2O5S/c12-3-4-6(13)7(14)8(16-4)11-2-1-5(17)10-9(11)15/h1-2,4,6-8,12-14H,3H2,(H,10,15,17)/t4-,6+,7+,8+/m0/s1. The van der Waals surface area contributed by atoms with Gasteiger partial charge in [-0.25, -0.2) is 4.79 Å². The molecule has 17 heavy (non-hydrogen) atoms. The van der Waals surface area contributed by atoms with Gasteiger partial charge in [0.25, 0.3) is 0 Å². The first-order valence-electron chi connectivity index (χ1n) is 4.98. The fourth-order valence-electron chi connectivity index (χ4n) is 1.74. The zero-order chi connectivity index (χ0) is 12.6. The third kappa shape index (κ3) is 2.17. The molecule has 0 amide bonds. The minimum absolute atomic E-state index is 0.262. The van der Waals surface area contributed by atoms with Gasteiger partial charge in [-0.1, -0.05) is 12.2 Å². The second-order valence-corrected chi connectivity index (χ2v) is 4.19. The molecule has 0 saturated carbocycles. The Hall–Kier alpha value is -1.06. The third-order valence-corrected chi connectivity index (χ3v) is 2.88. The summed E-state index contributed by atoms with van der Waals surface area (Å²) in [5.74, 6) is 0. The zero-order valence-electron chi connectivity index (χ0n) is 8.68. The molecule has 2 rings (SSSR count). The van der Waals surface area contributed by atoms with Crippen molar-refractivity contribution in [1.29, 1.82) is 0 Å². The molecular weight excluding hydrogens is 248 g/mol. The van der Waals surface area contributed by atoms with E-state index in [2.05, 4.69) is 4.98 Å². The van der Waals surface area contributed by atoms with Gasteiger partial charge in [-0.3, -0.25) is 9.55 Å². The number of aromatic amines is 1. The van der Waals surface area contributed by atoms with E-state index in [0.29, 0.717) is 0 Å². The van der Waals surface area contributed by atoms with Crippen LogP contribution in [0.15, 0.2) is 17.1 Å². The number of aliphatic hydroxyl groups is 3. The molecule has 4 atom stereocenters. The second kappa shape index (κ2) is 4.67. The number of aromatic nitrogens is 2. The number of nitrogens with zero attached hydrogens (tertiary/aromatic N) is 1. The molecule has 2 heterocycles. The quantitative estimate of drug-likeness (QED) is 0.483. The monoisotopic (exact) mass is 260 g/mol. The van der Waals surface area contributed by atoms with Crippen LogP contribution in [0.5, 0.6) is 0 Å². The number of hydrogen-bond acceptors (Lipinski definition) is 6. The highest BCUT2D eigenvalue weighted by Crippen LogP contribution is 2.27. The molecular formula is C9H12N2O5S. The highest BCUT2D eigenvalue weighted by atomic mass is 32.1. The number of hydrogen-bond donors (Lipinski definition) is 4. The van der Waals surface area contributed by atoms with E-state index in [1.807, 2.05) is 0 Å². The highest BCUT2D eigenvalue weighted by Gasteiger charge is 2.43. The molecule has 7 nitrogen and oxygen atoms in total. The average molecular weight is 260 g/mol. The molecule has 94 valence electrons. The van der Waals surface area contributed by atoms with Crippen molar-refractivity contribution in [2.24, 2.45) is 0 Å². The SMILES string of the molecule is O=c1[nH]c(=S)ccn1[C@@H]1O[C@@H](CO)[C@@H](O)[C@H]1O. The van der Waals surface area contributed by atoms with E-state index in [1.54, 1.807) is 0 Å². The minimum Gasteiger partial charge on any atom is -0.394 e. The maximum Gasteiger partial charge on any atom is 0.328 e. The molecule has 0 aliphatic carbocycles. The first-order chi connectivity index (χ1) is 8.04. The van der Waals surface area contributed by atoms with E-state index in [-0.39, 0.29) is 4.64 Å². The van der Waals surface area contributed by atoms with E-state index in [9.17, 15) is 15.0 Å². The van der Waals surface area contributed by atoms with E-state index in [1.165, 1.54) is 12.3 Å². The van der Waals surface area contributed by atoms with Crippen LogP contribution < -0.4 is 5.69 Å². The first-order valence-corrected chi connectivity index (χ1v) is 5.39. The van der Waals surface area contributed by atoms with Gasteiger partial charge in [-0.15, -0.1) is 0 Å². The van der Waals surface area contributed by atoms with Crippen LogP contribution >= 0.6 is 12.2 Å². The third-order valence-electron chi connectivity index (χ3n) is 2.64. The lowest BCUT2D eigenvalue weighted by molar-refractivity contribution is -0.0550. The summed E-state index contributed by atoms with van der Waals surface area (Å²) < 4.78 is 6.55. The number of nitrogens with one attached hydrogen (secondary N) is 1. The smallest absolute Gasteiger partial charge is 0.328 e. The Bertz CT molecular complexity index is 513. The summed E-state index contributed by atoms with van der Waals surface area (Å²) in [6.45, 7) is -0.438. The average Bonchev–Trinajstić information content (AvgIpc) is 2.57. The van der Waals surface area contributed by atoms with E-state index < -0.39 is 36.8 Å². The lowest BCUT2D eigenvalue weighted by atomic mass is 10.1. The molecule has 0 radical (unpaired) electrons. The van der Waals surface area contributed by atoms with Crippen LogP contribution in [0.2, 0.25) is 0 Å². The summed E-state index contributed by atoms with van der Waals surface area (Å²) in [5.41, 5.74) is -0.549. The molecule has 8 heteroatoms. The fourth-order valence-corrected chi connectivity index (χ4v) is 1.89. The molecule has 1 fully saturated rings. The van der Waals surface area contributed by atoms with Gasteiger partial charge in [0.05, 0.1) is 6.61 Å². The molecule has 1 aromatic rings. The van der Waals surface area contributed by atoms with Crippen LogP contribution in [0.4, 0.5) is 0 Å². The van der Waals surface area contributed by atoms with E-state index in [0.717, 1.165) is 4.57 Å². The Kier molecular flexibility index (Phi) is 3.40. The molecule has 1 saturated heterocycles. The van der Waals surface area contributed by atoms with Crippen molar-refractivity contribution in [1.82, 2.24) is 9.55 Å². The second-order valence-electron chi connectivity index (χ2n) is 3.75. The predicted molar refractivity (Wildman–Crippen MR) is 58.9 cm³/mol. The Morgan fingerprint density at radius 2 is 2.18 bits per heavy atom. The van der Waals surface area contributed by atoms with E-state index >= 15 is 0 Å². The summed E-state index contributed by atoms with van der Waals surface area (Å²) in [7, 11) is 0. The van der Waals surface area contributed by atoms with Crippen molar-refractivity contribution < 1.29 is 20.1 Å². The van der Waals surface area contributed by atoms with Crippen molar-refractivity contribution in [3.8, 4) is 0 Å². The van der Waals surface area contributed by atoms with Gasteiger partial charge in [0.2, 0.25) is 0 Å². The van der Waals surface area contributed by atoms with Crippen LogP contribution in [0, 0.1) is 4.64 Å². The zero-order valence-corrected chi connectivity index (χ0v) is 9.50. The molecule has 0 unspecified atom stereocenters. The number of H-pyrrole nitrogens is 1. The molecule has 0 bridgehead atoms. The topological polar surface area (TPSA) is 108 Å².